The van der Waals surface area contributed by atoms with E-state index in [0.717, 1.165) is 25.0 Å². The molecule has 0 spiro atoms. The second-order valence-corrected chi connectivity index (χ2v) is 6.27. The third-order valence-corrected chi connectivity index (χ3v) is 4.52. The van der Waals surface area contributed by atoms with E-state index in [4.69, 9.17) is 4.74 Å². The Labute approximate surface area is 112 Å². The monoisotopic (exact) mass is 254 g/mol. The van der Waals surface area contributed by atoms with E-state index in [-0.39, 0.29) is 0 Å². The molecule has 2 unspecified atom stereocenters. The summed E-state index contributed by atoms with van der Waals surface area (Å²) in [7, 11) is 2.13. The SMILES string of the molecule is CNC1CCCCCC1CN1C[C@@H](C)O[C@@H](C)C1. The van der Waals surface area contributed by atoms with Crippen molar-refractivity contribution < 1.29 is 4.74 Å². The second kappa shape index (κ2) is 6.88. The highest BCUT2D eigenvalue weighted by atomic mass is 16.5. The fourth-order valence-corrected chi connectivity index (χ4v) is 3.75. The molecule has 1 saturated heterocycles. The molecule has 3 heteroatoms. The number of nitrogens with one attached hydrogen (secondary N) is 1. The number of rotatable bonds is 3. The van der Waals surface area contributed by atoms with E-state index >= 15 is 0 Å². The lowest BCUT2D eigenvalue weighted by molar-refractivity contribution is -0.0726. The third-order valence-electron chi connectivity index (χ3n) is 4.52. The van der Waals surface area contributed by atoms with E-state index in [1.54, 1.807) is 0 Å². The van der Waals surface area contributed by atoms with E-state index in [2.05, 4.69) is 31.1 Å². The van der Waals surface area contributed by atoms with Crippen LogP contribution in [0.25, 0.3) is 0 Å². The van der Waals surface area contributed by atoms with Crippen LogP contribution in [0.5, 0.6) is 0 Å². The Hall–Kier alpha value is -0.120. The van der Waals surface area contributed by atoms with Gasteiger partial charge in [0.1, 0.15) is 0 Å². The molecule has 1 aliphatic heterocycles. The average Bonchev–Trinajstić information content (AvgIpc) is 2.52. The van der Waals surface area contributed by atoms with E-state index in [1.807, 2.05) is 0 Å². The van der Waals surface area contributed by atoms with Crippen molar-refractivity contribution in [2.24, 2.45) is 5.92 Å². The molecular formula is C15H30N2O. The summed E-state index contributed by atoms with van der Waals surface area (Å²) < 4.78 is 5.83. The minimum Gasteiger partial charge on any atom is -0.373 e. The fraction of sp³-hybridized carbons (Fsp3) is 1.00. The Morgan fingerprint density at radius 2 is 1.72 bits per heavy atom. The van der Waals surface area contributed by atoms with Gasteiger partial charge in [-0.05, 0) is 39.7 Å². The number of morpholine rings is 1. The maximum absolute atomic E-state index is 5.83. The molecule has 1 heterocycles. The van der Waals surface area contributed by atoms with Crippen molar-refractivity contribution in [1.82, 2.24) is 10.2 Å². The molecular weight excluding hydrogens is 224 g/mol. The van der Waals surface area contributed by atoms with Gasteiger partial charge in [0.15, 0.2) is 0 Å². The van der Waals surface area contributed by atoms with Crippen LogP contribution in [0.15, 0.2) is 0 Å². The van der Waals surface area contributed by atoms with Gasteiger partial charge in [-0.25, -0.2) is 0 Å². The quantitative estimate of drug-likeness (QED) is 0.782. The molecule has 0 bridgehead atoms. The highest BCUT2D eigenvalue weighted by Gasteiger charge is 2.28. The van der Waals surface area contributed by atoms with Crippen LogP contribution < -0.4 is 5.32 Å². The van der Waals surface area contributed by atoms with Crippen LogP contribution in [-0.2, 0) is 4.74 Å². The van der Waals surface area contributed by atoms with Crippen molar-refractivity contribution in [2.45, 2.75) is 64.2 Å². The Morgan fingerprint density at radius 3 is 2.39 bits per heavy atom. The summed E-state index contributed by atoms with van der Waals surface area (Å²) in [4.78, 5) is 2.62. The molecule has 1 N–H and O–H groups in total. The maximum Gasteiger partial charge on any atom is 0.0678 e. The summed E-state index contributed by atoms with van der Waals surface area (Å²) in [6.07, 6.45) is 7.78. The van der Waals surface area contributed by atoms with E-state index in [1.165, 1.54) is 38.6 Å². The Bertz CT molecular complexity index is 237. The topological polar surface area (TPSA) is 24.5 Å². The number of ether oxygens (including phenoxy) is 1. The molecule has 0 amide bonds. The summed E-state index contributed by atoms with van der Waals surface area (Å²) in [6, 6.07) is 0.723. The molecule has 106 valence electrons. The summed E-state index contributed by atoms with van der Waals surface area (Å²) in [5, 5.41) is 3.55. The minimum absolute atomic E-state index is 0.396. The molecule has 3 nitrogen and oxygen atoms in total. The summed E-state index contributed by atoms with van der Waals surface area (Å²) in [5.74, 6) is 0.829. The molecule has 1 aliphatic carbocycles. The predicted octanol–water partition coefficient (Wildman–Crippen LogP) is 2.26. The Kier molecular flexibility index (Phi) is 5.46. The standard InChI is InChI=1S/C15H30N2O/c1-12-9-17(10-13(2)18-12)11-14-7-5-4-6-8-15(14)16-3/h12-16H,4-11H2,1-3H3/t12-,13+,14?,15?. The largest absolute Gasteiger partial charge is 0.373 e. The van der Waals surface area contributed by atoms with Crippen LogP contribution in [-0.4, -0.2) is 49.8 Å². The van der Waals surface area contributed by atoms with Gasteiger partial charge in [0, 0.05) is 25.7 Å². The Balaban J connectivity index is 1.89. The van der Waals surface area contributed by atoms with Crippen LogP contribution in [0.3, 0.4) is 0 Å². The van der Waals surface area contributed by atoms with Gasteiger partial charge in [-0.2, -0.15) is 0 Å². The first kappa shape index (κ1) is 14.3. The summed E-state index contributed by atoms with van der Waals surface area (Å²) in [6.45, 7) is 7.87. The van der Waals surface area contributed by atoms with Crippen molar-refractivity contribution in [1.29, 1.82) is 0 Å². The normalized spacial score (nSPS) is 39.5. The average molecular weight is 254 g/mol. The van der Waals surface area contributed by atoms with Crippen molar-refractivity contribution in [3.8, 4) is 0 Å². The molecule has 0 aromatic carbocycles. The third kappa shape index (κ3) is 3.94. The van der Waals surface area contributed by atoms with Gasteiger partial charge < -0.3 is 10.1 Å². The molecule has 2 aliphatic rings. The smallest absolute Gasteiger partial charge is 0.0678 e. The molecule has 18 heavy (non-hydrogen) atoms. The molecule has 0 aromatic rings. The first-order valence-electron chi connectivity index (χ1n) is 7.74. The van der Waals surface area contributed by atoms with E-state index in [0.29, 0.717) is 12.2 Å². The van der Waals surface area contributed by atoms with Gasteiger partial charge in [0.25, 0.3) is 0 Å². The van der Waals surface area contributed by atoms with Crippen molar-refractivity contribution in [2.75, 3.05) is 26.7 Å². The van der Waals surface area contributed by atoms with Gasteiger partial charge >= 0.3 is 0 Å². The van der Waals surface area contributed by atoms with Crippen LogP contribution in [0, 0.1) is 5.92 Å². The van der Waals surface area contributed by atoms with E-state index in [9.17, 15) is 0 Å². The highest BCUT2D eigenvalue weighted by Crippen LogP contribution is 2.25. The van der Waals surface area contributed by atoms with Gasteiger partial charge in [0.05, 0.1) is 12.2 Å². The number of nitrogens with zero attached hydrogens (tertiary/aromatic N) is 1. The zero-order chi connectivity index (χ0) is 13.0. The van der Waals surface area contributed by atoms with Crippen LogP contribution in [0.2, 0.25) is 0 Å². The highest BCUT2D eigenvalue weighted by molar-refractivity contribution is 4.83. The summed E-state index contributed by atoms with van der Waals surface area (Å²) >= 11 is 0. The van der Waals surface area contributed by atoms with Crippen LogP contribution in [0.1, 0.15) is 46.0 Å². The zero-order valence-corrected chi connectivity index (χ0v) is 12.3. The van der Waals surface area contributed by atoms with Crippen LogP contribution in [0.4, 0.5) is 0 Å². The van der Waals surface area contributed by atoms with E-state index < -0.39 is 0 Å². The number of hydrogen-bond donors (Lipinski definition) is 1. The second-order valence-electron chi connectivity index (χ2n) is 6.27. The van der Waals surface area contributed by atoms with Crippen molar-refractivity contribution >= 4 is 0 Å². The lowest BCUT2D eigenvalue weighted by Crippen LogP contribution is -2.49. The minimum atomic E-state index is 0.396. The molecule has 2 rings (SSSR count). The molecule has 1 saturated carbocycles. The van der Waals surface area contributed by atoms with Crippen molar-refractivity contribution in [3.05, 3.63) is 0 Å². The van der Waals surface area contributed by atoms with Crippen LogP contribution >= 0.6 is 0 Å². The lowest BCUT2D eigenvalue weighted by atomic mass is 9.93. The predicted molar refractivity (Wildman–Crippen MR) is 75.9 cm³/mol. The number of hydrogen-bond acceptors (Lipinski definition) is 3. The van der Waals surface area contributed by atoms with Gasteiger partial charge in [-0.1, -0.05) is 19.3 Å². The molecule has 0 aromatic heterocycles. The molecule has 0 radical (unpaired) electrons. The first-order valence-corrected chi connectivity index (χ1v) is 7.74. The summed E-state index contributed by atoms with van der Waals surface area (Å²) in [5.41, 5.74) is 0. The zero-order valence-electron chi connectivity index (χ0n) is 12.3. The Morgan fingerprint density at radius 1 is 1.06 bits per heavy atom. The fourth-order valence-electron chi connectivity index (χ4n) is 3.75. The van der Waals surface area contributed by atoms with Gasteiger partial charge in [-0.3, -0.25) is 4.90 Å². The van der Waals surface area contributed by atoms with Gasteiger partial charge in [-0.15, -0.1) is 0 Å². The lowest BCUT2D eigenvalue weighted by Gasteiger charge is -2.38. The first-order chi connectivity index (χ1) is 8.69. The van der Waals surface area contributed by atoms with Crippen molar-refractivity contribution in [3.63, 3.8) is 0 Å². The van der Waals surface area contributed by atoms with Gasteiger partial charge in [0.2, 0.25) is 0 Å². The molecule has 2 fully saturated rings. The molecule has 4 atom stereocenters. The maximum atomic E-state index is 5.83.